The molecule has 0 saturated heterocycles. The van der Waals surface area contributed by atoms with Crippen molar-refractivity contribution in [1.82, 2.24) is 0 Å². The summed E-state index contributed by atoms with van der Waals surface area (Å²) in [7, 11) is 0. The maximum absolute atomic E-state index is 13.2. The van der Waals surface area contributed by atoms with E-state index in [0.29, 0.717) is 0 Å². The summed E-state index contributed by atoms with van der Waals surface area (Å²) in [6.45, 7) is 0.764. The van der Waals surface area contributed by atoms with E-state index >= 15 is 0 Å². The molecule has 13 heavy (non-hydrogen) atoms. The Hall–Kier alpha value is -1.00. The maximum atomic E-state index is 13.2. The van der Waals surface area contributed by atoms with Crippen LogP contribution in [0.5, 0.6) is 0 Å². The molecule has 0 spiro atoms. The summed E-state index contributed by atoms with van der Waals surface area (Å²) in [5.41, 5.74) is -0.230. The molecular weight excluding hydrogens is 178 g/mol. The normalized spacial score (nSPS) is 13.0. The van der Waals surface area contributed by atoms with E-state index in [1.165, 1.54) is 13.0 Å². The quantitative estimate of drug-likeness (QED) is 0.734. The molecule has 0 aliphatic heterocycles. The number of aliphatic hydroxyl groups is 2. The molecule has 0 aromatic heterocycles. The van der Waals surface area contributed by atoms with Crippen LogP contribution in [0.1, 0.15) is 17.2 Å². The molecule has 0 amide bonds. The van der Waals surface area contributed by atoms with Gasteiger partial charge in [-0.05, 0) is 18.6 Å². The van der Waals surface area contributed by atoms with Gasteiger partial charge in [0, 0.05) is 0 Å². The van der Waals surface area contributed by atoms with Crippen LogP contribution in [-0.2, 0) is 0 Å². The van der Waals surface area contributed by atoms with Crippen LogP contribution >= 0.6 is 0 Å². The predicted molar refractivity (Wildman–Crippen MR) is 43.1 cm³/mol. The van der Waals surface area contributed by atoms with Crippen LogP contribution < -0.4 is 0 Å². The van der Waals surface area contributed by atoms with Gasteiger partial charge in [-0.25, -0.2) is 8.78 Å². The fourth-order valence-electron chi connectivity index (χ4n) is 1.08. The van der Waals surface area contributed by atoms with E-state index in [0.717, 1.165) is 6.07 Å². The molecule has 2 nitrogen and oxygen atoms in total. The Balaban J connectivity index is 3.25. The van der Waals surface area contributed by atoms with Gasteiger partial charge in [-0.3, -0.25) is 0 Å². The third-order valence-corrected chi connectivity index (χ3v) is 1.83. The van der Waals surface area contributed by atoms with E-state index < -0.39 is 29.9 Å². The zero-order valence-corrected chi connectivity index (χ0v) is 7.09. The predicted octanol–water partition coefficient (Wildman–Crippen LogP) is 1.30. The van der Waals surface area contributed by atoms with E-state index in [2.05, 4.69) is 0 Å². The average Bonchev–Trinajstić information content (AvgIpc) is 2.12. The van der Waals surface area contributed by atoms with Crippen molar-refractivity contribution < 1.29 is 19.0 Å². The lowest BCUT2D eigenvalue weighted by Gasteiger charge is -2.11. The van der Waals surface area contributed by atoms with Crippen molar-refractivity contribution in [2.24, 2.45) is 0 Å². The van der Waals surface area contributed by atoms with Crippen molar-refractivity contribution >= 4 is 0 Å². The lowest BCUT2D eigenvalue weighted by Crippen LogP contribution is -2.09. The molecule has 0 aliphatic carbocycles. The molecule has 0 fully saturated rings. The topological polar surface area (TPSA) is 40.5 Å². The van der Waals surface area contributed by atoms with Gasteiger partial charge < -0.3 is 10.2 Å². The summed E-state index contributed by atoms with van der Waals surface area (Å²) in [6, 6.07) is 2.34. The average molecular weight is 188 g/mol. The lowest BCUT2D eigenvalue weighted by molar-refractivity contribution is 0.0893. The van der Waals surface area contributed by atoms with Gasteiger partial charge in [0.15, 0.2) is 0 Å². The highest BCUT2D eigenvalue weighted by molar-refractivity contribution is 5.28. The fraction of sp³-hybridized carbons (Fsp3) is 0.333. The molecule has 1 rings (SSSR count). The summed E-state index contributed by atoms with van der Waals surface area (Å²) in [4.78, 5) is 0. The molecule has 0 saturated carbocycles. The second-order valence-corrected chi connectivity index (χ2v) is 2.79. The van der Waals surface area contributed by atoms with Crippen LogP contribution in [0.4, 0.5) is 8.78 Å². The highest BCUT2D eigenvalue weighted by atomic mass is 19.1. The van der Waals surface area contributed by atoms with Gasteiger partial charge in [0.25, 0.3) is 0 Å². The molecular formula is C9H10F2O2. The summed E-state index contributed by atoms with van der Waals surface area (Å²) in [5, 5.41) is 17.6. The van der Waals surface area contributed by atoms with Crippen molar-refractivity contribution in [3.63, 3.8) is 0 Å². The molecule has 0 radical (unpaired) electrons. The first-order chi connectivity index (χ1) is 6.07. The van der Waals surface area contributed by atoms with Gasteiger partial charge in [-0.1, -0.05) is 6.07 Å². The van der Waals surface area contributed by atoms with Crippen molar-refractivity contribution in [2.75, 3.05) is 6.61 Å². The molecule has 1 unspecified atom stereocenters. The number of hydrogen-bond acceptors (Lipinski definition) is 2. The Bertz CT molecular complexity index is 313. The van der Waals surface area contributed by atoms with Gasteiger partial charge in [-0.2, -0.15) is 0 Å². The monoisotopic (exact) mass is 188 g/mol. The number of hydrogen-bond donors (Lipinski definition) is 2. The van der Waals surface area contributed by atoms with Gasteiger partial charge >= 0.3 is 0 Å². The van der Waals surface area contributed by atoms with Crippen LogP contribution in [0.2, 0.25) is 0 Å². The molecule has 72 valence electrons. The third-order valence-electron chi connectivity index (χ3n) is 1.83. The van der Waals surface area contributed by atoms with Gasteiger partial charge in [0.1, 0.15) is 17.7 Å². The maximum Gasteiger partial charge on any atom is 0.134 e. The molecule has 2 N–H and O–H groups in total. The zero-order valence-electron chi connectivity index (χ0n) is 7.09. The van der Waals surface area contributed by atoms with E-state index in [9.17, 15) is 8.78 Å². The lowest BCUT2D eigenvalue weighted by atomic mass is 10.1. The molecule has 4 heteroatoms. The molecule has 0 aliphatic rings. The number of aryl methyl sites for hydroxylation is 1. The van der Waals surface area contributed by atoms with Crippen LogP contribution in [0.25, 0.3) is 0 Å². The van der Waals surface area contributed by atoms with Crippen molar-refractivity contribution in [2.45, 2.75) is 13.0 Å². The minimum atomic E-state index is -1.50. The molecule has 1 aromatic rings. The van der Waals surface area contributed by atoms with E-state index in [1.54, 1.807) is 0 Å². The third kappa shape index (κ3) is 1.84. The van der Waals surface area contributed by atoms with Crippen molar-refractivity contribution in [3.8, 4) is 0 Å². The minimum Gasteiger partial charge on any atom is -0.393 e. The standard InChI is InChI=1S/C9H10F2O2/c1-5-2-3-6(10)8(9(5)11)7(13)4-12/h2-3,7,12-13H,4H2,1H3. The Morgan fingerprint density at radius 3 is 2.54 bits per heavy atom. The van der Waals surface area contributed by atoms with Crippen LogP contribution in [0.3, 0.4) is 0 Å². The Morgan fingerprint density at radius 2 is 2.00 bits per heavy atom. The first kappa shape index (κ1) is 10.1. The van der Waals surface area contributed by atoms with Crippen molar-refractivity contribution in [3.05, 3.63) is 34.9 Å². The molecule has 0 heterocycles. The molecule has 0 bridgehead atoms. The first-order valence-corrected chi connectivity index (χ1v) is 3.81. The summed E-state index contributed by atoms with van der Waals surface area (Å²) in [6.07, 6.45) is -1.50. The van der Waals surface area contributed by atoms with Crippen LogP contribution in [-0.4, -0.2) is 16.8 Å². The fourth-order valence-corrected chi connectivity index (χ4v) is 1.08. The molecule has 1 aromatic carbocycles. The summed E-state index contributed by atoms with van der Waals surface area (Å²) in [5.74, 6) is -1.65. The SMILES string of the molecule is Cc1ccc(F)c(C(O)CO)c1F. The van der Waals surface area contributed by atoms with E-state index in [1.807, 2.05) is 0 Å². The van der Waals surface area contributed by atoms with Gasteiger partial charge in [0.2, 0.25) is 0 Å². The second-order valence-electron chi connectivity index (χ2n) is 2.79. The van der Waals surface area contributed by atoms with Crippen LogP contribution in [0, 0.1) is 18.6 Å². The Morgan fingerprint density at radius 1 is 1.38 bits per heavy atom. The van der Waals surface area contributed by atoms with Crippen molar-refractivity contribution in [1.29, 1.82) is 0 Å². The zero-order chi connectivity index (χ0) is 10.0. The number of rotatable bonds is 2. The van der Waals surface area contributed by atoms with Gasteiger partial charge in [-0.15, -0.1) is 0 Å². The highest BCUT2D eigenvalue weighted by Gasteiger charge is 2.18. The molecule has 1 atom stereocenters. The number of aliphatic hydroxyl groups excluding tert-OH is 2. The van der Waals surface area contributed by atoms with Gasteiger partial charge in [0.05, 0.1) is 12.2 Å². The first-order valence-electron chi connectivity index (χ1n) is 3.81. The highest BCUT2D eigenvalue weighted by Crippen LogP contribution is 2.22. The largest absolute Gasteiger partial charge is 0.393 e. The van der Waals surface area contributed by atoms with E-state index in [4.69, 9.17) is 10.2 Å². The summed E-state index contributed by atoms with van der Waals surface area (Å²) >= 11 is 0. The number of benzene rings is 1. The minimum absolute atomic E-state index is 0.240. The summed E-state index contributed by atoms with van der Waals surface area (Å²) < 4.78 is 26.1. The smallest absolute Gasteiger partial charge is 0.134 e. The Labute approximate surface area is 74.4 Å². The second kappa shape index (κ2) is 3.81. The number of halogens is 2. The van der Waals surface area contributed by atoms with Crippen LogP contribution in [0.15, 0.2) is 12.1 Å². The van der Waals surface area contributed by atoms with E-state index in [-0.39, 0.29) is 5.56 Å². The Kier molecular flexibility index (Phi) is 2.95.